The molecule has 3 N–H and O–H groups in total. The molecule has 2 aromatic carbocycles. The third-order valence-electron chi connectivity index (χ3n) is 14.4. The first-order chi connectivity index (χ1) is 27.0. The normalized spacial score (nSPS) is 33.6. The van der Waals surface area contributed by atoms with Gasteiger partial charge < -0.3 is 34.5 Å². The summed E-state index contributed by atoms with van der Waals surface area (Å²) in [5.74, 6) is -0.834. The molecule has 0 aliphatic heterocycles. The first-order valence-electron chi connectivity index (χ1n) is 20.9. The second-order valence-corrected chi connectivity index (χ2v) is 18.7. The van der Waals surface area contributed by atoms with E-state index in [1.807, 2.05) is 24.3 Å². The van der Waals surface area contributed by atoms with Gasteiger partial charge in [0.15, 0.2) is 6.10 Å². The number of benzene rings is 2. The van der Waals surface area contributed by atoms with Crippen LogP contribution in [0.15, 0.2) is 60.7 Å². The molecule has 0 aromatic heterocycles. The number of hydrogen-bond donors (Lipinski definition) is 3. The summed E-state index contributed by atoms with van der Waals surface area (Å²) in [5, 5.41) is 26.3. The molecule has 11 heteroatoms. The maximum Gasteiger partial charge on any atom is 0.408 e. The number of rotatable bonds is 11. The molecule has 57 heavy (non-hydrogen) atoms. The van der Waals surface area contributed by atoms with Crippen LogP contribution in [0.5, 0.6) is 0 Å². The Morgan fingerprint density at radius 2 is 1.56 bits per heavy atom. The van der Waals surface area contributed by atoms with Gasteiger partial charge in [0.2, 0.25) is 0 Å². The number of amides is 1. The Labute approximate surface area is 337 Å². The van der Waals surface area contributed by atoms with Gasteiger partial charge in [0.05, 0.1) is 24.8 Å². The zero-order chi connectivity index (χ0) is 41.3. The van der Waals surface area contributed by atoms with Crippen molar-refractivity contribution in [2.45, 2.75) is 135 Å². The highest BCUT2D eigenvalue weighted by molar-refractivity contribution is 5.89. The summed E-state index contributed by atoms with van der Waals surface area (Å²) >= 11 is 0. The van der Waals surface area contributed by atoms with E-state index in [1.165, 1.54) is 7.11 Å². The molecule has 13 atom stereocenters. The summed E-state index contributed by atoms with van der Waals surface area (Å²) in [6.45, 7) is 11.9. The molecule has 4 fully saturated rings. The number of carbonyl (C=O) groups excluding carboxylic acids is 4. The highest BCUT2D eigenvalue weighted by Crippen LogP contribution is 2.69. The lowest BCUT2D eigenvalue weighted by molar-refractivity contribution is -0.210. The van der Waals surface area contributed by atoms with Crippen molar-refractivity contribution >= 4 is 24.0 Å². The number of alkyl carbamates (subject to hydrolysis) is 1. The molecule has 4 aliphatic rings. The Morgan fingerprint density at radius 1 is 0.895 bits per heavy atom. The second-order valence-electron chi connectivity index (χ2n) is 18.7. The Kier molecular flexibility index (Phi) is 12.8. The number of hydrogen-bond acceptors (Lipinski definition) is 10. The molecule has 0 unspecified atom stereocenters. The number of fused-ring (bicyclic) bond motifs is 5. The Morgan fingerprint density at radius 3 is 2.21 bits per heavy atom. The first-order valence-corrected chi connectivity index (χ1v) is 20.9. The lowest BCUT2D eigenvalue weighted by atomic mass is 9.43. The van der Waals surface area contributed by atoms with E-state index in [2.05, 4.69) is 26.1 Å². The van der Waals surface area contributed by atoms with Gasteiger partial charge in [-0.05, 0) is 130 Å². The molecule has 0 heterocycles. The SMILES string of the molecule is COC(=O)CC[C@@H](C)[C@H]1CC[C@H]2[C@@H]3[C@H](OC(=O)c4ccccc4)C[C@@H]4C[C@H](OC(=O)[C@H](O)[C@@H](NC(=O)OC(C)(C)C)c5ccccc5)CC[C@]4(C)[C@H]3C[C@H](O)[C@]12C. The lowest BCUT2D eigenvalue weighted by Crippen LogP contribution is -2.63. The molecular formula is C46H63NO10. The second kappa shape index (κ2) is 17.1. The maximum atomic E-state index is 13.8. The minimum atomic E-state index is -1.69. The fourth-order valence-electron chi connectivity index (χ4n) is 11.6. The number of methoxy groups -OCH3 is 1. The summed E-state index contributed by atoms with van der Waals surface area (Å²) < 4.78 is 23.0. The van der Waals surface area contributed by atoms with Gasteiger partial charge in [-0.3, -0.25) is 4.79 Å². The minimum absolute atomic E-state index is 0.00793. The van der Waals surface area contributed by atoms with Crippen LogP contribution in [0, 0.1) is 46.3 Å². The van der Waals surface area contributed by atoms with E-state index in [0.717, 1.165) is 19.3 Å². The predicted molar refractivity (Wildman–Crippen MR) is 212 cm³/mol. The highest BCUT2D eigenvalue weighted by Gasteiger charge is 2.66. The number of carbonyl (C=O) groups is 4. The molecule has 0 saturated heterocycles. The van der Waals surface area contributed by atoms with Crippen LogP contribution < -0.4 is 5.32 Å². The molecule has 312 valence electrons. The molecular weight excluding hydrogens is 727 g/mol. The van der Waals surface area contributed by atoms with Crippen molar-refractivity contribution in [2.75, 3.05) is 7.11 Å². The van der Waals surface area contributed by atoms with E-state index in [1.54, 1.807) is 57.2 Å². The largest absolute Gasteiger partial charge is 0.469 e. The Balaban J connectivity index is 1.23. The zero-order valence-corrected chi connectivity index (χ0v) is 34.6. The lowest BCUT2D eigenvalue weighted by Gasteiger charge is -2.64. The van der Waals surface area contributed by atoms with Crippen LogP contribution in [-0.2, 0) is 28.5 Å². The minimum Gasteiger partial charge on any atom is -0.469 e. The van der Waals surface area contributed by atoms with Crippen LogP contribution in [0.2, 0.25) is 0 Å². The summed E-state index contributed by atoms with van der Waals surface area (Å²) in [5.41, 5.74) is -0.402. The van der Waals surface area contributed by atoms with Crippen molar-refractivity contribution in [3.63, 3.8) is 0 Å². The van der Waals surface area contributed by atoms with Gasteiger partial charge in [0.1, 0.15) is 17.8 Å². The van der Waals surface area contributed by atoms with Crippen molar-refractivity contribution in [1.82, 2.24) is 5.32 Å². The van der Waals surface area contributed by atoms with E-state index in [-0.39, 0.29) is 52.9 Å². The molecule has 6 rings (SSSR count). The smallest absolute Gasteiger partial charge is 0.408 e. The van der Waals surface area contributed by atoms with Gasteiger partial charge in [0, 0.05) is 12.3 Å². The molecule has 11 nitrogen and oxygen atoms in total. The maximum absolute atomic E-state index is 13.8. The quantitative estimate of drug-likeness (QED) is 0.153. The predicted octanol–water partition coefficient (Wildman–Crippen LogP) is 7.58. The average Bonchev–Trinajstić information content (AvgIpc) is 3.54. The van der Waals surface area contributed by atoms with Crippen LogP contribution in [0.1, 0.15) is 121 Å². The van der Waals surface area contributed by atoms with E-state index in [9.17, 15) is 29.4 Å². The molecule has 0 bridgehead atoms. The topological polar surface area (TPSA) is 158 Å². The van der Waals surface area contributed by atoms with E-state index in [0.29, 0.717) is 49.7 Å². The summed E-state index contributed by atoms with van der Waals surface area (Å²) in [7, 11) is 1.41. The monoisotopic (exact) mass is 789 g/mol. The van der Waals surface area contributed by atoms with Gasteiger partial charge >= 0.3 is 24.0 Å². The van der Waals surface area contributed by atoms with Crippen LogP contribution in [0.4, 0.5) is 4.79 Å². The van der Waals surface area contributed by atoms with Gasteiger partial charge in [0.25, 0.3) is 0 Å². The van der Waals surface area contributed by atoms with Crippen LogP contribution in [0.3, 0.4) is 0 Å². The van der Waals surface area contributed by atoms with Gasteiger partial charge in [-0.25, -0.2) is 14.4 Å². The molecule has 4 saturated carbocycles. The number of ether oxygens (including phenoxy) is 4. The number of esters is 3. The Hall–Kier alpha value is -3.96. The van der Waals surface area contributed by atoms with Crippen molar-refractivity contribution in [1.29, 1.82) is 0 Å². The number of aliphatic hydroxyl groups excluding tert-OH is 2. The van der Waals surface area contributed by atoms with E-state index in [4.69, 9.17) is 18.9 Å². The van der Waals surface area contributed by atoms with E-state index >= 15 is 0 Å². The third kappa shape index (κ3) is 8.89. The zero-order valence-electron chi connectivity index (χ0n) is 34.6. The van der Waals surface area contributed by atoms with Crippen molar-refractivity contribution in [3.8, 4) is 0 Å². The number of aliphatic hydroxyl groups is 2. The molecule has 0 spiro atoms. The van der Waals surface area contributed by atoms with Crippen molar-refractivity contribution in [2.24, 2.45) is 46.3 Å². The fraction of sp³-hybridized carbons (Fsp3) is 0.652. The molecule has 0 radical (unpaired) electrons. The van der Waals surface area contributed by atoms with Crippen LogP contribution >= 0.6 is 0 Å². The standard InChI is InChI=1S/C46H63NO10/c1-27(18-21-37(49)54-7)32-19-20-33-38-34(26-36(48)46(32,33)6)45(5)23-22-31(24-30(45)25-35(38)56-41(51)29-16-12-9-13-17-29)55-42(52)40(50)39(28-14-10-8-11-15-28)47-43(53)57-44(2,3)4/h8-17,27,30-36,38-40,48,50H,18-26H2,1-7H3,(H,47,53)/t27-,30+,31-,32-,33+,34+,35-,36+,38+,39+,40-,45+,46-/m1/s1. The summed E-state index contributed by atoms with van der Waals surface area (Å²) in [6.07, 6.45) is 1.88. The fourth-order valence-corrected chi connectivity index (χ4v) is 11.6. The van der Waals surface area contributed by atoms with Crippen molar-refractivity contribution in [3.05, 3.63) is 71.8 Å². The summed E-state index contributed by atoms with van der Waals surface area (Å²) in [6, 6.07) is 16.7. The van der Waals surface area contributed by atoms with Gasteiger partial charge in [-0.1, -0.05) is 69.3 Å². The first kappa shape index (κ1) is 42.6. The summed E-state index contributed by atoms with van der Waals surface area (Å²) in [4.78, 5) is 52.4. The highest BCUT2D eigenvalue weighted by atomic mass is 16.6. The average molecular weight is 790 g/mol. The van der Waals surface area contributed by atoms with Crippen LogP contribution in [-0.4, -0.2) is 71.3 Å². The van der Waals surface area contributed by atoms with E-state index < -0.39 is 53.5 Å². The molecule has 2 aromatic rings. The van der Waals surface area contributed by atoms with Crippen molar-refractivity contribution < 1.29 is 48.3 Å². The molecule has 1 amide bonds. The Bertz CT molecular complexity index is 1730. The third-order valence-corrected chi connectivity index (χ3v) is 14.4. The van der Waals surface area contributed by atoms with Gasteiger partial charge in [-0.2, -0.15) is 0 Å². The number of nitrogens with one attached hydrogen (secondary N) is 1. The van der Waals surface area contributed by atoms with Gasteiger partial charge in [-0.15, -0.1) is 0 Å². The van der Waals surface area contributed by atoms with Crippen LogP contribution in [0.25, 0.3) is 0 Å². The molecule has 4 aliphatic carbocycles.